The van der Waals surface area contributed by atoms with Crippen LogP contribution in [0, 0.1) is 0 Å². The summed E-state index contributed by atoms with van der Waals surface area (Å²) in [5, 5.41) is 9.14. The van der Waals surface area contributed by atoms with Gasteiger partial charge in [0.1, 0.15) is 0 Å². The third kappa shape index (κ3) is 4.55. The van der Waals surface area contributed by atoms with Crippen molar-refractivity contribution in [3.05, 3.63) is 24.3 Å². The number of hydrogen-bond acceptors (Lipinski definition) is 4. The first kappa shape index (κ1) is 14.8. The Morgan fingerprint density at radius 3 is 2.50 bits per heavy atom. The van der Waals surface area contributed by atoms with Gasteiger partial charge in [-0.15, -0.1) is 0 Å². The molecule has 4 nitrogen and oxygen atoms in total. The molecule has 1 aromatic carbocycles. The van der Waals surface area contributed by atoms with Crippen LogP contribution in [-0.2, 0) is 0 Å². The van der Waals surface area contributed by atoms with Crippen LogP contribution in [0.2, 0.25) is 0 Å². The number of aliphatic hydroxyl groups is 1. The normalized spacial score (nSPS) is 15.8. The van der Waals surface area contributed by atoms with Gasteiger partial charge < -0.3 is 20.3 Å². The molecule has 0 bridgehead atoms. The lowest BCUT2D eigenvalue weighted by atomic mass is 9.97. The molecule has 102 valence electrons. The molecule has 2 atom stereocenters. The Hall–Kier alpha value is -1.26. The van der Waals surface area contributed by atoms with Crippen LogP contribution in [0.5, 0.6) is 11.5 Å². The highest BCUT2D eigenvalue weighted by molar-refractivity contribution is 5.39. The van der Waals surface area contributed by atoms with Crippen molar-refractivity contribution in [3.63, 3.8) is 0 Å². The number of benzene rings is 1. The summed E-state index contributed by atoms with van der Waals surface area (Å²) < 4.78 is 11.3. The van der Waals surface area contributed by atoms with Gasteiger partial charge >= 0.3 is 0 Å². The van der Waals surface area contributed by atoms with Crippen molar-refractivity contribution in [3.8, 4) is 11.5 Å². The fourth-order valence-electron chi connectivity index (χ4n) is 1.80. The van der Waals surface area contributed by atoms with Crippen molar-refractivity contribution in [2.75, 3.05) is 13.2 Å². The zero-order chi connectivity index (χ0) is 13.6. The fourth-order valence-corrected chi connectivity index (χ4v) is 1.80. The second-order valence-corrected chi connectivity index (χ2v) is 4.82. The lowest BCUT2D eigenvalue weighted by Gasteiger charge is -2.26. The monoisotopic (exact) mass is 253 g/mol. The van der Waals surface area contributed by atoms with Crippen LogP contribution in [0.15, 0.2) is 24.3 Å². The van der Waals surface area contributed by atoms with Gasteiger partial charge in [0.25, 0.3) is 0 Å². The van der Waals surface area contributed by atoms with Gasteiger partial charge in [-0.1, -0.05) is 12.1 Å². The number of para-hydroxylation sites is 2. The minimum Gasteiger partial charge on any atom is -0.490 e. The first-order valence-corrected chi connectivity index (χ1v) is 6.26. The molecule has 0 spiro atoms. The Balaban J connectivity index is 2.66. The second kappa shape index (κ2) is 6.61. The molecule has 1 aromatic rings. The minimum absolute atomic E-state index is 0.0617. The lowest BCUT2D eigenvalue weighted by molar-refractivity contribution is 0.130. The summed E-state index contributed by atoms with van der Waals surface area (Å²) >= 11 is 0. The van der Waals surface area contributed by atoms with Crippen molar-refractivity contribution < 1.29 is 14.6 Å². The number of nitrogens with two attached hydrogens (primary N) is 1. The molecule has 0 heterocycles. The zero-order valence-electron chi connectivity index (χ0n) is 11.3. The summed E-state index contributed by atoms with van der Waals surface area (Å²) in [5.41, 5.74) is 5.28. The summed E-state index contributed by atoms with van der Waals surface area (Å²) in [6, 6.07) is 7.55. The van der Waals surface area contributed by atoms with Crippen LogP contribution in [0.3, 0.4) is 0 Å². The van der Waals surface area contributed by atoms with Gasteiger partial charge in [0.2, 0.25) is 0 Å². The highest BCUT2D eigenvalue weighted by atomic mass is 16.5. The van der Waals surface area contributed by atoms with Gasteiger partial charge in [-0.25, -0.2) is 0 Å². The molecule has 0 fully saturated rings. The molecule has 0 aliphatic rings. The van der Waals surface area contributed by atoms with E-state index in [2.05, 4.69) is 0 Å². The molecule has 18 heavy (non-hydrogen) atoms. The van der Waals surface area contributed by atoms with Crippen LogP contribution in [0.25, 0.3) is 0 Å². The highest BCUT2D eigenvalue weighted by Gasteiger charge is 2.22. The average molecular weight is 253 g/mol. The van der Waals surface area contributed by atoms with Crippen LogP contribution in [0.1, 0.15) is 27.2 Å². The van der Waals surface area contributed by atoms with Crippen molar-refractivity contribution in [1.82, 2.24) is 0 Å². The Bertz CT molecular complexity index is 366. The van der Waals surface area contributed by atoms with E-state index in [1.54, 1.807) is 6.92 Å². The predicted molar refractivity (Wildman–Crippen MR) is 72.0 cm³/mol. The Morgan fingerprint density at radius 2 is 1.94 bits per heavy atom. The van der Waals surface area contributed by atoms with E-state index in [0.717, 1.165) is 5.75 Å². The van der Waals surface area contributed by atoms with E-state index in [1.807, 2.05) is 38.1 Å². The number of aliphatic hydroxyl groups excluding tert-OH is 1. The molecule has 0 saturated carbocycles. The zero-order valence-corrected chi connectivity index (χ0v) is 11.3. The maximum absolute atomic E-state index is 9.14. The summed E-state index contributed by atoms with van der Waals surface area (Å²) in [6.07, 6.45) is 0.484. The maximum Gasteiger partial charge on any atom is 0.161 e. The number of hydrogen-bond donors (Lipinski definition) is 2. The SMILES string of the molecule is CCOc1ccccc1OC(C)CC(C)(N)CO. The van der Waals surface area contributed by atoms with Gasteiger partial charge in [0.05, 0.1) is 19.3 Å². The van der Waals surface area contributed by atoms with E-state index in [1.165, 1.54) is 0 Å². The first-order chi connectivity index (χ1) is 8.48. The van der Waals surface area contributed by atoms with E-state index < -0.39 is 5.54 Å². The van der Waals surface area contributed by atoms with Crippen LogP contribution in [0.4, 0.5) is 0 Å². The quantitative estimate of drug-likeness (QED) is 0.779. The average Bonchev–Trinajstić information content (AvgIpc) is 2.31. The van der Waals surface area contributed by atoms with Crippen molar-refractivity contribution in [1.29, 1.82) is 0 Å². The predicted octanol–water partition coefficient (Wildman–Crippen LogP) is 1.95. The van der Waals surface area contributed by atoms with E-state index in [-0.39, 0.29) is 12.7 Å². The molecule has 0 aliphatic heterocycles. The van der Waals surface area contributed by atoms with Gasteiger partial charge in [0, 0.05) is 12.0 Å². The largest absolute Gasteiger partial charge is 0.490 e. The molecular weight excluding hydrogens is 230 g/mol. The second-order valence-electron chi connectivity index (χ2n) is 4.82. The molecule has 0 radical (unpaired) electrons. The van der Waals surface area contributed by atoms with Crippen LogP contribution in [-0.4, -0.2) is 30.0 Å². The Morgan fingerprint density at radius 1 is 1.33 bits per heavy atom. The smallest absolute Gasteiger partial charge is 0.161 e. The summed E-state index contributed by atoms with van der Waals surface area (Å²) in [7, 11) is 0. The van der Waals surface area contributed by atoms with E-state index in [0.29, 0.717) is 18.8 Å². The molecule has 0 aromatic heterocycles. The molecule has 3 N–H and O–H groups in total. The topological polar surface area (TPSA) is 64.7 Å². The van der Waals surface area contributed by atoms with Crippen LogP contribution >= 0.6 is 0 Å². The maximum atomic E-state index is 9.14. The highest BCUT2D eigenvalue weighted by Crippen LogP contribution is 2.28. The van der Waals surface area contributed by atoms with Gasteiger partial charge in [-0.3, -0.25) is 0 Å². The third-order valence-corrected chi connectivity index (χ3v) is 2.59. The molecule has 0 saturated heterocycles. The van der Waals surface area contributed by atoms with E-state index in [9.17, 15) is 0 Å². The molecule has 4 heteroatoms. The lowest BCUT2D eigenvalue weighted by Crippen LogP contribution is -2.43. The molecule has 0 amide bonds. The standard InChI is InChI=1S/C14H23NO3/c1-4-17-12-7-5-6-8-13(12)18-11(2)9-14(3,15)10-16/h5-8,11,16H,4,9-10,15H2,1-3H3. The first-order valence-electron chi connectivity index (χ1n) is 6.26. The summed E-state index contributed by atoms with van der Waals surface area (Å²) in [6.45, 7) is 6.21. The number of ether oxygens (including phenoxy) is 2. The molecular formula is C14H23NO3. The number of rotatable bonds is 7. The Kier molecular flexibility index (Phi) is 5.44. The van der Waals surface area contributed by atoms with Gasteiger partial charge in [-0.05, 0) is 32.9 Å². The fraction of sp³-hybridized carbons (Fsp3) is 0.571. The molecule has 1 rings (SSSR count). The van der Waals surface area contributed by atoms with Crippen molar-refractivity contribution in [2.45, 2.75) is 38.8 Å². The van der Waals surface area contributed by atoms with Gasteiger partial charge in [0.15, 0.2) is 11.5 Å². The van der Waals surface area contributed by atoms with Crippen molar-refractivity contribution in [2.24, 2.45) is 5.73 Å². The van der Waals surface area contributed by atoms with Crippen molar-refractivity contribution >= 4 is 0 Å². The van der Waals surface area contributed by atoms with Gasteiger partial charge in [-0.2, -0.15) is 0 Å². The minimum atomic E-state index is -0.625. The summed E-state index contributed by atoms with van der Waals surface area (Å²) in [5.74, 6) is 1.44. The van der Waals surface area contributed by atoms with E-state index in [4.69, 9.17) is 20.3 Å². The Labute approximate surface area is 109 Å². The molecule has 2 unspecified atom stereocenters. The van der Waals surface area contributed by atoms with E-state index >= 15 is 0 Å². The molecule has 0 aliphatic carbocycles. The summed E-state index contributed by atoms with van der Waals surface area (Å²) in [4.78, 5) is 0. The third-order valence-electron chi connectivity index (χ3n) is 2.59. The van der Waals surface area contributed by atoms with Crippen LogP contribution < -0.4 is 15.2 Å².